The number of aryl methyl sites for hydroxylation is 1. The van der Waals surface area contributed by atoms with Crippen LogP contribution in [-0.2, 0) is 9.59 Å². The molecule has 0 saturated carbocycles. The van der Waals surface area contributed by atoms with Crippen molar-refractivity contribution in [2.45, 2.75) is 32.4 Å². The molecule has 2 aromatic rings. The summed E-state index contributed by atoms with van der Waals surface area (Å²) in [5, 5.41) is 2.85. The summed E-state index contributed by atoms with van der Waals surface area (Å²) < 4.78 is 37.4. The fourth-order valence-corrected chi connectivity index (χ4v) is 3.55. The fourth-order valence-electron chi connectivity index (χ4n) is 3.55. The van der Waals surface area contributed by atoms with E-state index >= 15 is 0 Å². The monoisotopic (exact) mass is 404 g/mol. The lowest BCUT2D eigenvalue weighted by Crippen LogP contribution is -2.44. The summed E-state index contributed by atoms with van der Waals surface area (Å²) >= 11 is 0. The second-order valence-corrected chi connectivity index (χ2v) is 7.41. The van der Waals surface area contributed by atoms with E-state index in [1.54, 1.807) is 6.07 Å². The van der Waals surface area contributed by atoms with Gasteiger partial charge in [-0.05, 0) is 43.0 Å². The first-order valence-corrected chi connectivity index (χ1v) is 9.54. The molecule has 0 aliphatic carbocycles. The highest BCUT2D eigenvalue weighted by Gasteiger charge is 2.36. The van der Waals surface area contributed by atoms with Gasteiger partial charge in [-0.1, -0.05) is 42.0 Å². The van der Waals surface area contributed by atoms with Crippen molar-refractivity contribution in [3.63, 3.8) is 0 Å². The molecule has 2 amide bonds. The van der Waals surface area contributed by atoms with Crippen LogP contribution in [0.4, 0.5) is 18.9 Å². The van der Waals surface area contributed by atoms with Crippen molar-refractivity contribution >= 4 is 17.5 Å². The molecule has 4 nitrogen and oxygen atoms in total. The Labute approximate surface area is 167 Å². The van der Waals surface area contributed by atoms with Crippen LogP contribution in [0.1, 0.15) is 24.8 Å². The maximum atomic E-state index is 12.7. The van der Waals surface area contributed by atoms with E-state index in [-0.39, 0.29) is 19.0 Å². The normalized spacial score (nSPS) is 17.1. The molecule has 1 aliphatic rings. The lowest BCUT2D eigenvalue weighted by Gasteiger charge is -2.32. The van der Waals surface area contributed by atoms with Gasteiger partial charge in [0.05, 0.1) is 5.92 Å². The average Bonchev–Trinajstić information content (AvgIpc) is 2.67. The molecule has 1 fully saturated rings. The summed E-state index contributed by atoms with van der Waals surface area (Å²) in [7, 11) is 0. The Morgan fingerprint density at radius 1 is 1.10 bits per heavy atom. The number of likely N-dealkylation sites (tertiary alicyclic amines) is 1. The summed E-state index contributed by atoms with van der Waals surface area (Å²) in [5.74, 6) is -1.78. The lowest BCUT2D eigenvalue weighted by atomic mass is 9.96. The summed E-state index contributed by atoms with van der Waals surface area (Å²) in [6.07, 6.45) is -4.98. The number of alkyl halides is 3. The van der Waals surface area contributed by atoms with Crippen molar-refractivity contribution in [1.82, 2.24) is 4.90 Å². The molecule has 1 unspecified atom stereocenters. The molecule has 1 heterocycles. The van der Waals surface area contributed by atoms with Crippen molar-refractivity contribution in [2.24, 2.45) is 5.92 Å². The largest absolute Gasteiger partial charge is 0.397 e. The summed E-state index contributed by atoms with van der Waals surface area (Å²) in [6.45, 7) is 2.27. The van der Waals surface area contributed by atoms with Gasteiger partial charge >= 0.3 is 6.18 Å². The van der Waals surface area contributed by atoms with Crippen LogP contribution in [0, 0.1) is 12.8 Å². The zero-order valence-electron chi connectivity index (χ0n) is 16.1. The molecule has 0 radical (unpaired) electrons. The van der Waals surface area contributed by atoms with Gasteiger partial charge < -0.3 is 10.2 Å². The van der Waals surface area contributed by atoms with E-state index in [9.17, 15) is 22.8 Å². The third kappa shape index (κ3) is 5.82. The van der Waals surface area contributed by atoms with E-state index in [1.165, 1.54) is 0 Å². The van der Waals surface area contributed by atoms with Gasteiger partial charge in [-0.2, -0.15) is 13.2 Å². The first kappa shape index (κ1) is 20.9. The molecule has 3 rings (SSSR count). The Kier molecular flexibility index (Phi) is 6.25. The number of halogens is 3. The van der Waals surface area contributed by atoms with Gasteiger partial charge in [0.15, 0.2) is 0 Å². The fraction of sp³-hybridized carbons (Fsp3) is 0.364. The van der Waals surface area contributed by atoms with Crippen molar-refractivity contribution in [3.05, 3.63) is 54.1 Å². The van der Waals surface area contributed by atoms with Crippen LogP contribution in [0.15, 0.2) is 48.5 Å². The van der Waals surface area contributed by atoms with Gasteiger partial charge in [-0.3, -0.25) is 9.59 Å². The third-order valence-corrected chi connectivity index (χ3v) is 4.98. The van der Waals surface area contributed by atoms with Gasteiger partial charge in [-0.25, -0.2) is 0 Å². The smallest absolute Gasteiger partial charge is 0.342 e. The quantitative estimate of drug-likeness (QED) is 0.797. The first-order valence-electron chi connectivity index (χ1n) is 9.54. The van der Waals surface area contributed by atoms with Gasteiger partial charge in [0, 0.05) is 18.8 Å². The van der Waals surface area contributed by atoms with Crippen molar-refractivity contribution in [3.8, 4) is 11.1 Å². The van der Waals surface area contributed by atoms with Crippen LogP contribution >= 0.6 is 0 Å². The van der Waals surface area contributed by atoms with Crippen LogP contribution in [-0.4, -0.2) is 36.0 Å². The molecule has 29 heavy (non-hydrogen) atoms. The number of piperidine rings is 1. The van der Waals surface area contributed by atoms with Gasteiger partial charge in [-0.15, -0.1) is 0 Å². The highest BCUT2D eigenvalue weighted by molar-refractivity contribution is 5.94. The Bertz CT molecular complexity index is 896. The molecular formula is C22H23F3N2O2. The molecule has 154 valence electrons. The summed E-state index contributed by atoms with van der Waals surface area (Å²) in [4.78, 5) is 25.6. The molecule has 2 aromatic carbocycles. The highest BCUT2D eigenvalue weighted by Crippen LogP contribution is 2.26. The number of carbonyl (C=O) groups excluding carboxylic acids is 2. The number of hydrogen-bond acceptors (Lipinski definition) is 2. The number of rotatable bonds is 4. The molecule has 0 bridgehead atoms. The maximum Gasteiger partial charge on any atom is 0.397 e. The minimum atomic E-state index is -4.54. The standard InChI is InChI=1S/C22H23F3N2O2/c1-15-5-2-6-16(11-15)17-7-3-9-19(12-17)26-21(29)18-8-4-10-27(14-18)20(28)13-22(23,24)25/h2-3,5-7,9,11-12,18H,4,8,10,13-14H2,1H3,(H,26,29). The van der Waals surface area contributed by atoms with E-state index in [0.717, 1.165) is 21.6 Å². The number of benzene rings is 2. The predicted molar refractivity (Wildman–Crippen MR) is 105 cm³/mol. The predicted octanol–water partition coefficient (Wildman–Crippen LogP) is 4.79. The Balaban J connectivity index is 1.65. The lowest BCUT2D eigenvalue weighted by molar-refractivity contribution is -0.162. The molecular weight excluding hydrogens is 381 g/mol. The average molecular weight is 404 g/mol. The van der Waals surface area contributed by atoms with Crippen molar-refractivity contribution < 1.29 is 22.8 Å². The number of hydrogen-bond donors (Lipinski definition) is 1. The molecule has 1 atom stereocenters. The number of carbonyl (C=O) groups is 2. The summed E-state index contributed by atoms with van der Waals surface area (Å²) in [5.41, 5.74) is 3.73. The van der Waals surface area contributed by atoms with Gasteiger partial charge in [0.25, 0.3) is 0 Å². The van der Waals surface area contributed by atoms with E-state index in [4.69, 9.17) is 0 Å². The van der Waals surface area contributed by atoms with Crippen LogP contribution < -0.4 is 5.32 Å². The number of nitrogens with zero attached hydrogens (tertiary/aromatic N) is 1. The van der Waals surface area contributed by atoms with E-state index < -0.39 is 24.4 Å². The minimum absolute atomic E-state index is 0.0122. The SMILES string of the molecule is Cc1cccc(-c2cccc(NC(=O)C3CCCN(C(=O)CC(F)(F)F)C3)c2)c1. The highest BCUT2D eigenvalue weighted by atomic mass is 19.4. The Morgan fingerprint density at radius 3 is 2.48 bits per heavy atom. The summed E-state index contributed by atoms with van der Waals surface area (Å²) in [6, 6.07) is 15.4. The van der Waals surface area contributed by atoms with Crippen molar-refractivity contribution in [1.29, 1.82) is 0 Å². The Hall–Kier alpha value is -2.83. The van der Waals surface area contributed by atoms with Crippen LogP contribution in [0.3, 0.4) is 0 Å². The van der Waals surface area contributed by atoms with E-state index in [0.29, 0.717) is 18.5 Å². The van der Waals surface area contributed by atoms with Crippen LogP contribution in [0.5, 0.6) is 0 Å². The second kappa shape index (κ2) is 8.68. The van der Waals surface area contributed by atoms with Gasteiger partial charge in [0.1, 0.15) is 6.42 Å². The zero-order chi connectivity index (χ0) is 21.0. The number of nitrogens with one attached hydrogen (secondary N) is 1. The number of anilines is 1. The van der Waals surface area contributed by atoms with Gasteiger partial charge in [0.2, 0.25) is 11.8 Å². The van der Waals surface area contributed by atoms with E-state index in [1.807, 2.05) is 49.4 Å². The van der Waals surface area contributed by atoms with Crippen LogP contribution in [0.2, 0.25) is 0 Å². The molecule has 1 saturated heterocycles. The first-order chi connectivity index (χ1) is 13.7. The third-order valence-electron chi connectivity index (χ3n) is 4.98. The topological polar surface area (TPSA) is 49.4 Å². The molecule has 1 N–H and O–H groups in total. The molecule has 7 heteroatoms. The molecule has 1 aliphatic heterocycles. The van der Waals surface area contributed by atoms with Crippen LogP contribution in [0.25, 0.3) is 11.1 Å². The number of amides is 2. The van der Waals surface area contributed by atoms with E-state index in [2.05, 4.69) is 5.32 Å². The molecule has 0 spiro atoms. The Morgan fingerprint density at radius 2 is 1.79 bits per heavy atom. The maximum absolute atomic E-state index is 12.7. The van der Waals surface area contributed by atoms with Crippen molar-refractivity contribution in [2.75, 3.05) is 18.4 Å². The molecule has 0 aromatic heterocycles. The minimum Gasteiger partial charge on any atom is -0.342 e. The zero-order valence-corrected chi connectivity index (χ0v) is 16.1. The second-order valence-electron chi connectivity index (χ2n) is 7.41.